The monoisotopic (exact) mass is 261 g/mol. The van der Waals surface area contributed by atoms with Crippen LogP contribution in [0.25, 0.3) is 0 Å². The SMILES string of the molecule is CC1CN(c2n[nH]c(Cn3cccn3)n2)CC(C)N1. The van der Waals surface area contributed by atoms with Gasteiger partial charge >= 0.3 is 0 Å². The Morgan fingerprint density at radius 3 is 2.79 bits per heavy atom. The zero-order valence-electron chi connectivity index (χ0n) is 11.2. The summed E-state index contributed by atoms with van der Waals surface area (Å²) in [4.78, 5) is 6.77. The van der Waals surface area contributed by atoms with Crippen LogP contribution in [0.1, 0.15) is 19.7 Å². The first-order valence-electron chi connectivity index (χ1n) is 6.60. The predicted octanol–water partition coefficient (Wildman–Crippen LogP) is 0.236. The molecule has 3 rings (SSSR count). The summed E-state index contributed by atoms with van der Waals surface area (Å²) in [6.45, 7) is 6.85. The number of H-pyrrole nitrogens is 1. The van der Waals surface area contributed by atoms with Gasteiger partial charge in [0.25, 0.3) is 0 Å². The summed E-state index contributed by atoms with van der Waals surface area (Å²) in [5.74, 6) is 1.61. The number of aromatic amines is 1. The molecule has 2 aromatic heterocycles. The van der Waals surface area contributed by atoms with Crippen LogP contribution in [0.3, 0.4) is 0 Å². The van der Waals surface area contributed by atoms with E-state index in [1.165, 1.54) is 0 Å². The van der Waals surface area contributed by atoms with Crippen molar-refractivity contribution in [3.8, 4) is 0 Å². The number of piperazine rings is 1. The van der Waals surface area contributed by atoms with Crippen molar-refractivity contribution in [2.24, 2.45) is 0 Å². The van der Waals surface area contributed by atoms with E-state index in [1.54, 1.807) is 6.20 Å². The maximum atomic E-state index is 4.55. The summed E-state index contributed by atoms with van der Waals surface area (Å²) in [5, 5.41) is 15.0. The van der Waals surface area contributed by atoms with Crippen molar-refractivity contribution < 1.29 is 0 Å². The van der Waals surface area contributed by atoms with E-state index >= 15 is 0 Å². The van der Waals surface area contributed by atoms with Crippen molar-refractivity contribution in [3.05, 3.63) is 24.3 Å². The largest absolute Gasteiger partial charge is 0.336 e. The van der Waals surface area contributed by atoms with Gasteiger partial charge in [-0.05, 0) is 19.9 Å². The predicted molar refractivity (Wildman–Crippen MR) is 72.0 cm³/mol. The van der Waals surface area contributed by atoms with Crippen LogP contribution in [-0.4, -0.2) is 50.1 Å². The van der Waals surface area contributed by atoms with Gasteiger partial charge in [-0.25, -0.2) is 0 Å². The molecule has 2 aromatic rings. The van der Waals surface area contributed by atoms with Crippen LogP contribution in [0.5, 0.6) is 0 Å². The molecule has 0 saturated carbocycles. The fourth-order valence-electron chi connectivity index (χ4n) is 2.53. The van der Waals surface area contributed by atoms with E-state index in [4.69, 9.17) is 0 Å². The summed E-state index contributed by atoms with van der Waals surface area (Å²) >= 11 is 0. The second kappa shape index (κ2) is 5.00. The van der Waals surface area contributed by atoms with Crippen LogP contribution in [0.2, 0.25) is 0 Å². The molecule has 1 saturated heterocycles. The van der Waals surface area contributed by atoms with Gasteiger partial charge in [-0.15, -0.1) is 5.10 Å². The molecule has 2 unspecified atom stereocenters. The highest BCUT2D eigenvalue weighted by Gasteiger charge is 2.23. The normalized spacial score (nSPS) is 23.8. The summed E-state index contributed by atoms with van der Waals surface area (Å²) < 4.78 is 1.83. The highest BCUT2D eigenvalue weighted by molar-refractivity contribution is 5.30. The van der Waals surface area contributed by atoms with Crippen molar-refractivity contribution in [2.45, 2.75) is 32.5 Å². The van der Waals surface area contributed by atoms with Crippen molar-refractivity contribution in [1.29, 1.82) is 0 Å². The molecule has 1 aliphatic rings. The van der Waals surface area contributed by atoms with Crippen LogP contribution in [0.4, 0.5) is 5.95 Å². The number of hydrogen-bond acceptors (Lipinski definition) is 5. The first-order valence-corrected chi connectivity index (χ1v) is 6.60. The van der Waals surface area contributed by atoms with Crippen LogP contribution in [0, 0.1) is 0 Å². The van der Waals surface area contributed by atoms with E-state index in [9.17, 15) is 0 Å². The Kier molecular flexibility index (Phi) is 3.20. The van der Waals surface area contributed by atoms with Crippen LogP contribution >= 0.6 is 0 Å². The van der Waals surface area contributed by atoms with E-state index in [1.807, 2.05) is 16.9 Å². The quantitative estimate of drug-likeness (QED) is 0.827. The number of aromatic nitrogens is 5. The third kappa shape index (κ3) is 2.76. The average molecular weight is 261 g/mol. The van der Waals surface area contributed by atoms with Gasteiger partial charge < -0.3 is 10.2 Å². The fraction of sp³-hybridized carbons (Fsp3) is 0.583. The Bertz CT molecular complexity index is 508. The number of hydrogen-bond donors (Lipinski definition) is 2. The Labute approximate surface area is 112 Å². The summed E-state index contributed by atoms with van der Waals surface area (Å²) in [7, 11) is 0. The van der Waals surface area contributed by atoms with Crippen LogP contribution < -0.4 is 10.2 Å². The fourth-order valence-corrected chi connectivity index (χ4v) is 2.53. The molecule has 0 bridgehead atoms. The molecule has 7 nitrogen and oxygen atoms in total. The Hall–Kier alpha value is -1.89. The minimum absolute atomic E-state index is 0.455. The van der Waals surface area contributed by atoms with Crippen molar-refractivity contribution in [1.82, 2.24) is 30.3 Å². The Morgan fingerprint density at radius 1 is 1.32 bits per heavy atom. The number of rotatable bonds is 3. The molecule has 7 heteroatoms. The standard InChI is InChI=1S/C12H19N7/c1-9-6-18(7-10(2)14-9)12-15-11(16-17-12)8-19-5-3-4-13-19/h3-5,9-10,14H,6-8H2,1-2H3,(H,15,16,17). The zero-order valence-corrected chi connectivity index (χ0v) is 11.2. The van der Waals surface area contributed by atoms with E-state index in [2.05, 4.69) is 44.3 Å². The summed E-state index contributed by atoms with van der Waals surface area (Å²) in [6.07, 6.45) is 3.67. The molecule has 102 valence electrons. The van der Waals surface area contributed by atoms with Gasteiger partial charge in [0.05, 0.1) is 0 Å². The molecule has 0 radical (unpaired) electrons. The van der Waals surface area contributed by atoms with Gasteiger partial charge in [0.1, 0.15) is 12.4 Å². The number of nitrogens with one attached hydrogen (secondary N) is 2. The lowest BCUT2D eigenvalue weighted by Crippen LogP contribution is -2.54. The first kappa shape index (κ1) is 12.2. The van der Waals surface area contributed by atoms with Gasteiger partial charge in [0, 0.05) is 37.6 Å². The number of anilines is 1. The van der Waals surface area contributed by atoms with Crippen LogP contribution in [0.15, 0.2) is 18.5 Å². The Balaban J connectivity index is 1.70. The Morgan fingerprint density at radius 2 is 2.11 bits per heavy atom. The highest BCUT2D eigenvalue weighted by Crippen LogP contribution is 2.12. The van der Waals surface area contributed by atoms with Gasteiger partial charge in [-0.3, -0.25) is 9.78 Å². The van der Waals surface area contributed by atoms with Crippen LogP contribution in [-0.2, 0) is 6.54 Å². The lowest BCUT2D eigenvalue weighted by atomic mass is 10.1. The van der Waals surface area contributed by atoms with E-state index < -0.39 is 0 Å². The molecular weight excluding hydrogens is 242 g/mol. The topological polar surface area (TPSA) is 74.7 Å². The van der Waals surface area contributed by atoms with Gasteiger partial charge in [0.2, 0.25) is 5.95 Å². The van der Waals surface area contributed by atoms with Gasteiger partial charge in [-0.1, -0.05) is 0 Å². The second-order valence-electron chi connectivity index (χ2n) is 5.16. The van der Waals surface area contributed by atoms with Gasteiger partial charge in [0.15, 0.2) is 0 Å². The molecule has 2 N–H and O–H groups in total. The molecule has 0 aliphatic carbocycles. The molecule has 1 fully saturated rings. The minimum atomic E-state index is 0.455. The smallest absolute Gasteiger partial charge is 0.244 e. The molecule has 0 aromatic carbocycles. The van der Waals surface area contributed by atoms with Crippen molar-refractivity contribution in [2.75, 3.05) is 18.0 Å². The van der Waals surface area contributed by atoms with Crippen molar-refractivity contribution in [3.63, 3.8) is 0 Å². The molecule has 2 atom stereocenters. The molecule has 1 aliphatic heterocycles. The third-order valence-corrected chi connectivity index (χ3v) is 3.23. The summed E-state index contributed by atoms with van der Waals surface area (Å²) in [6, 6.07) is 2.81. The van der Waals surface area contributed by atoms with Gasteiger partial charge in [-0.2, -0.15) is 10.1 Å². The maximum absolute atomic E-state index is 4.55. The minimum Gasteiger partial charge on any atom is -0.336 e. The van der Waals surface area contributed by atoms with E-state index in [0.717, 1.165) is 24.9 Å². The lowest BCUT2D eigenvalue weighted by molar-refractivity contribution is 0.403. The van der Waals surface area contributed by atoms with Crippen molar-refractivity contribution >= 4 is 5.95 Å². The lowest BCUT2D eigenvalue weighted by Gasteiger charge is -2.35. The van der Waals surface area contributed by atoms with E-state index in [0.29, 0.717) is 18.6 Å². The molecule has 19 heavy (non-hydrogen) atoms. The zero-order chi connectivity index (χ0) is 13.2. The molecular formula is C12H19N7. The molecule has 0 amide bonds. The molecule has 3 heterocycles. The first-order chi connectivity index (χ1) is 9.20. The van der Waals surface area contributed by atoms with E-state index in [-0.39, 0.29) is 0 Å². The number of nitrogens with zero attached hydrogens (tertiary/aromatic N) is 5. The molecule has 0 spiro atoms. The second-order valence-corrected chi connectivity index (χ2v) is 5.16. The third-order valence-electron chi connectivity index (χ3n) is 3.23. The average Bonchev–Trinajstić information content (AvgIpc) is 2.99. The maximum Gasteiger partial charge on any atom is 0.244 e. The highest BCUT2D eigenvalue weighted by atomic mass is 15.4. The summed E-state index contributed by atoms with van der Waals surface area (Å²) in [5.41, 5.74) is 0.